The lowest BCUT2D eigenvalue weighted by atomic mass is 10.1. The molecule has 2 N–H and O–H groups in total. The number of aliphatic hydroxyl groups excluding tert-OH is 1. The van der Waals surface area contributed by atoms with E-state index in [4.69, 9.17) is 23.3 Å². The molecule has 12 heteroatoms. The van der Waals surface area contributed by atoms with Gasteiger partial charge in [0.1, 0.15) is 12.7 Å². The molecular formula is C58H91O11P. The topological polar surface area (TPSA) is 155 Å². The predicted molar refractivity (Wildman–Crippen MR) is 288 cm³/mol. The Labute approximate surface area is 423 Å². The maximum Gasteiger partial charge on any atom is 0.472 e. The van der Waals surface area contributed by atoms with Gasteiger partial charge in [-0.1, -0.05) is 187 Å². The van der Waals surface area contributed by atoms with Crippen molar-refractivity contribution in [2.75, 3.05) is 26.4 Å². The second kappa shape index (κ2) is 51.0. The highest BCUT2D eigenvalue weighted by atomic mass is 31.2. The van der Waals surface area contributed by atoms with Crippen molar-refractivity contribution in [1.82, 2.24) is 0 Å². The summed E-state index contributed by atoms with van der Waals surface area (Å²) in [5.41, 5.74) is 0. The molecule has 0 aliphatic carbocycles. The van der Waals surface area contributed by atoms with E-state index in [0.29, 0.717) is 25.7 Å². The quantitative estimate of drug-likeness (QED) is 0.0197. The highest BCUT2D eigenvalue weighted by Crippen LogP contribution is 2.43. The molecule has 0 aliphatic rings. The zero-order valence-electron chi connectivity index (χ0n) is 43.2. The van der Waals surface area contributed by atoms with Gasteiger partial charge in [-0.25, -0.2) is 4.57 Å². The molecule has 3 unspecified atom stereocenters. The number of hydrogen-bond donors (Lipinski definition) is 2. The van der Waals surface area contributed by atoms with Crippen LogP contribution in [-0.2, 0) is 42.2 Å². The Bertz CT molecular complexity index is 1680. The molecule has 0 saturated carbocycles. The number of unbranched alkanes of at least 4 members (excludes halogenated alkanes) is 8. The molecule has 0 radical (unpaired) electrons. The number of hydrogen-bond acceptors (Lipinski definition) is 10. The number of carbonyl (C=O) groups excluding carboxylic acids is 3. The molecule has 0 amide bonds. The fraction of sp³-hybridized carbons (Fsp3) is 0.569. The molecule has 0 aromatic rings. The third-order valence-corrected chi connectivity index (χ3v) is 11.0. The van der Waals surface area contributed by atoms with Crippen molar-refractivity contribution in [2.24, 2.45) is 0 Å². The van der Waals surface area contributed by atoms with Crippen molar-refractivity contribution in [1.29, 1.82) is 0 Å². The average molecular weight is 995 g/mol. The maximum atomic E-state index is 12.8. The number of esters is 3. The van der Waals surface area contributed by atoms with E-state index in [1.165, 1.54) is 12.8 Å². The highest BCUT2D eigenvalue weighted by molar-refractivity contribution is 7.47. The van der Waals surface area contributed by atoms with Crippen LogP contribution < -0.4 is 0 Å². The third-order valence-electron chi connectivity index (χ3n) is 10.1. The van der Waals surface area contributed by atoms with Crippen LogP contribution in [0.4, 0.5) is 0 Å². The fourth-order valence-corrected chi connectivity index (χ4v) is 6.94. The summed E-state index contributed by atoms with van der Waals surface area (Å²) in [4.78, 5) is 48.2. The van der Waals surface area contributed by atoms with Gasteiger partial charge < -0.3 is 24.2 Å². The minimum absolute atomic E-state index is 0.0845. The minimum Gasteiger partial charge on any atom is -0.462 e. The first kappa shape index (κ1) is 65.6. The molecular weight excluding hydrogens is 904 g/mol. The summed E-state index contributed by atoms with van der Waals surface area (Å²) in [7, 11) is -4.79. The summed E-state index contributed by atoms with van der Waals surface area (Å²) in [6.45, 7) is 4.14. The lowest BCUT2D eigenvalue weighted by Crippen LogP contribution is -2.30. The van der Waals surface area contributed by atoms with Gasteiger partial charge in [-0.2, -0.15) is 0 Å². The highest BCUT2D eigenvalue weighted by Gasteiger charge is 2.28. The van der Waals surface area contributed by atoms with E-state index < -0.39 is 64.4 Å². The number of phosphoric ester groups is 1. The van der Waals surface area contributed by atoms with Gasteiger partial charge in [0.05, 0.1) is 26.2 Å². The number of ether oxygens (including phenoxy) is 3. The zero-order valence-corrected chi connectivity index (χ0v) is 44.1. The van der Waals surface area contributed by atoms with Crippen molar-refractivity contribution in [3.8, 4) is 0 Å². The zero-order chi connectivity index (χ0) is 51.3. The molecule has 70 heavy (non-hydrogen) atoms. The number of phosphoric acid groups is 1. The SMILES string of the molecule is CC/C=C\C/C=C\C/C=C\C/C=C\C/C=C\CCCC(=O)OCC(COP(=O)(O)OCC(CO)OC(=O)CCCCCCC/C=C\CCCC)OC(=O)C/C=C\C/C=C\C/C=C\C/C=C\C/C=C\CC. The Morgan fingerprint density at radius 1 is 0.429 bits per heavy atom. The molecule has 0 spiro atoms. The molecule has 0 aromatic carbocycles. The standard InChI is InChI=1S/C58H91O11P/c1-4-7-10-13-16-19-22-24-26-27-29-30-33-35-38-41-44-47-56(60)65-51-55(69-58(62)49-46-43-40-37-34-31-28-25-23-20-17-14-11-8-5-2)53-67-70(63,64)66-52-54(50-59)68-57(61)48-45-42-39-36-32-21-18-15-12-9-6-3/h7-8,10-11,15-20,24-26,28-30,34-35,37-38,43,46,54-55,59H,4-6,9,12-14,21-23,27,31-33,36,39-42,44-45,47-53H2,1-3H3,(H,63,64)/b10-7-,11-8-,18-15-,19-16-,20-17-,26-24-,28-25-,30-29-,37-34-,38-35-,46-43-. The van der Waals surface area contributed by atoms with Gasteiger partial charge in [0.15, 0.2) is 6.10 Å². The average Bonchev–Trinajstić information content (AvgIpc) is 3.35. The van der Waals surface area contributed by atoms with E-state index in [9.17, 15) is 28.9 Å². The predicted octanol–water partition coefficient (Wildman–Crippen LogP) is 15.0. The molecule has 0 fully saturated rings. The van der Waals surface area contributed by atoms with Crippen molar-refractivity contribution < 1.29 is 52.2 Å². The van der Waals surface area contributed by atoms with E-state index in [0.717, 1.165) is 96.3 Å². The lowest BCUT2D eigenvalue weighted by Gasteiger charge is -2.21. The van der Waals surface area contributed by atoms with Gasteiger partial charge in [-0.05, 0) is 103 Å². The second-order valence-electron chi connectivity index (χ2n) is 16.6. The summed E-state index contributed by atoms with van der Waals surface area (Å²) in [6.07, 6.45) is 63.2. The Morgan fingerprint density at radius 3 is 1.31 bits per heavy atom. The van der Waals surface area contributed by atoms with Crippen molar-refractivity contribution in [2.45, 2.75) is 187 Å². The summed E-state index contributed by atoms with van der Waals surface area (Å²) in [5.74, 6) is -1.72. The van der Waals surface area contributed by atoms with Crippen LogP contribution in [0, 0.1) is 0 Å². The summed E-state index contributed by atoms with van der Waals surface area (Å²) in [5, 5.41) is 9.76. The molecule has 0 bridgehead atoms. The first-order valence-corrected chi connectivity index (χ1v) is 27.6. The minimum atomic E-state index is -4.79. The van der Waals surface area contributed by atoms with E-state index in [1.807, 2.05) is 30.4 Å². The molecule has 0 heterocycles. The largest absolute Gasteiger partial charge is 0.472 e. The van der Waals surface area contributed by atoms with E-state index in [-0.39, 0.29) is 19.3 Å². The number of aliphatic hydroxyl groups is 1. The Hall–Kier alpha value is -4.38. The molecule has 3 atom stereocenters. The molecule has 0 saturated heterocycles. The lowest BCUT2D eigenvalue weighted by molar-refractivity contribution is -0.160. The van der Waals surface area contributed by atoms with Gasteiger partial charge in [0.25, 0.3) is 0 Å². The van der Waals surface area contributed by atoms with E-state index in [2.05, 4.69) is 118 Å². The van der Waals surface area contributed by atoms with Crippen LogP contribution in [0.15, 0.2) is 134 Å². The fourth-order valence-electron chi connectivity index (χ4n) is 6.15. The van der Waals surface area contributed by atoms with Gasteiger partial charge in [0.2, 0.25) is 0 Å². The third kappa shape index (κ3) is 48.6. The molecule has 394 valence electrons. The van der Waals surface area contributed by atoms with Crippen LogP contribution in [0.3, 0.4) is 0 Å². The van der Waals surface area contributed by atoms with Gasteiger partial charge in [-0.3, -0.25) is 23.4 Å². The van der Waals surface area contributed by atoms with Crippen LogP contribution in [0.1, 0.15) is 175 Å². The van der Waals surface area contributed by atoms with E-state index >= 15 is 0 Å². The molecule has 0 aromatic heterocycles. The normalized spacial score (nSPS) is 14.5. The molecule has 0 aliphatic heterocycles. The summed E-state index contributed by atoms with van der Waals surface area (Å²) < 4.78 is 39.1. The first-order valence-electron chi connectivity index (χ1n) is 26.1. The molecule has 11 nitrogen and oxygen atoms in total. The Kier molecular flexibility index (Phi) is 47.8. The van der Waals surface area contributed by atoms with Crippen LogP contribution >= 0.6 is 7.82 Å². The van der Waals surface area contributed by atoms with E-state index in [1.54, 1.807) is 6.08 Å². The van der Waals surface area contributed by atoms with Gasteiger partial charge in [-0.15, -0.1) is 0 Å². The van der Waals surface area contributed by atoms with Crippen molar-refractivity contribution in [3.05, 3.63) is 134 Å². The number of rotatable bonds is 46. The van der Waals surface area contributed by atoms with Crippen molar-refractivity contribution >= 4 is 25.7 Å². The monoisotopic (exact) mass is 995 g/mol. The smallest absolute Gasteiger partial charge is 0.462 e. The second-order valence-corrected chi connectivity index (χ2v) is 18.0. The Morgan fingerprint density at radius 2 is 0.814 bits per heavy atom. The van der Waals surface area contributed by atoms with Gasteiger partial charge >= 0.3 is 25.7 Å². The number of allylic oxidation sites excluding steroid dienone is 21. The van der Waals surface area contributed by atoms with Gasteiger partial charge in [0, 0.05) is 12.8 Å². The van der Waals surface area contributed by atoms with Crippen LogP contribution in [0.5, 0.6) is 0 Å². The maximum absolute atomic E-state index is 12.8. The Balaban J connectivity index is 4.98. The molecule has 0 rings (SSSR count). The van der Waals surface area contributed by atoms with Crippen LogP contribution in [0.25, 0.3) is 0 Å². The van der Waals surface area contributed by atoms with Crippen molar-refractivity contribution in [3.63, 3.8) is 0 Å². The summed E-state index contributed by atoms with van der Waals surface area (Å²) >= 11 is 0. The first-order chi connectivity index (χ1) is 34.2. The number of carbonyl (C=O) groups is 3. The van der Waals surface area contributed by atoms with Crippen LogP contribution in [0.2, 0.25) is 0 Å². The summed E-state index contributed by atoms with van der Waals surface area (Å²) in [6, 6.07) is 0. The van der Waals surface area contributed by atoms with Crippen LogP contribution in [-0.4, -0.2) is 66.5 Å².